The molecule has 0 aliphatic heterocycles. The number of rotatable bonds is 3. The number of aromatic nitrogens is 3. The molecule has 3 rings (SSSR count). The van der Waals surface area contributed by atoms with Crippen LogP contribution in [0.2, 0.25) is 10.0 Å². The largest absolute Gasteiger partial charge is 0.455 e. The molecule has 0 spiro atoms. The summed E-state index contributed by atoms with van der Waals surface area (Å²) < 4.78 is 7.38. The van der Waals surface area contributed by atoms with Gasteiger partial charge in [-0.05, 0) is 44.2 Å². The highest BCUT2D eigenvalue weighted by atomic mass is 35.5. The fourth-order valence-electron chi connectivity index (χ4n) is 1.97. The highest BCUT2D eigenvalue weighted by Gasteiger charge is 2.07. The number of hydrogen-bond acceptors (Lipinski definition) is 4. The van der Waals surface area contributed by atoms with Crippen molar-refractivity contribution in [2.24, 2.45) is 5.10 Å². The molecule has 0 saturated heterocycles. The Balaban J connectivity index is 1.86. The van der Waals surface area contributed by atoms with Crippen molar-refractivity contribution in [3.8, 4) is 11.3 Å². The first-order chi connectivity index (χ1) is 10.5. The molecule has 0 aliphatic rings. The summed E-state index contributed by atoms with van der Waals surface area (Å²) in [7, 11) is 0. The van der Waals surface area contributed by atoms with Crippen molar-refractivity contribution in [1.29, 1.82) is 0 Å². The number of aryl methyl sites for hydroxylation is 2. The van der Waals surface area contributed by atoms with Crippen molar-refractivity contribution >= 4 is 29.4 Å². The Morgan fingerprint density at radius 1 is 1.05 bits per heavy atom. The minimum atomic E-state index is 0.488. The Bertz CT molecular complexity index is 832. The van der Waals surface area contributed by atoms with Gasteiger partial charge in [-0.25, -0.2) is 4.68 Å². The van der Waals surface area contributed by atoms with Crippen molar-refractivity contribution in [3.05, 3.63) is 57.8 Å². The van der Waals surface area contributed by atoms with Crippen LogP contribution in [0.3, 0.4) is 0 Å². The highest BCUT2D eigenvalue weighted by Crippen LogP contribution is 2.29. The summed E-state index contributed by atoms with van der Waals surface area (Å²) in [5.74, 6) is 2.74. The zero-order chi connectivity index (χ0) is 15.7. The third-order valence-electron chi connectivity index (χ3n) is 3.08. The number of benzene rings is 1. The van der Waals surface area contributed by atoms with Crippen LogP contribution in [-0.4, -0.2) is 21.1 Å². The molecule has 112 valence electrons. The summed E-state index contributed by atoms with van der Waals surface area (Å²) >= 11 is 11.9. The fourth-order valence-corrected chi connectivity index (χ4v) is 2.27. The summed E-state index contributed by atoms with van der Waals surface area (Å²) in [6, 6.07) is 9.03. The maximum absolute atomic E-state index is 6.02. The average molecular weight is 335 g/mol. The zero-order valence-corrected chi connectivity index (χ0v) is 13.4. The van der Waals surface area contributed by atoms with Gasteiger partial charge in [0, 0.05) is 5.56 Å². The quantitative estimate of drug-likeness (QED) is 0.669. The van der Waals surface area contributed by atoms with E-state index in [1.54, 1.807) is 23.0 Å². The van der Waals surface area contributed by atoms with E-state index >= 15 is 0 Å². The summed E-state index contributed by atoms with van der Waals surface area (Å²) in [6.45, 7) is 3.67. The van der Waals surface area contributed by atoms with Gasteiger partial charge >= 0.3 is 0 Å². The molecule has 0 amide bonds. The molecule has 0 N–H and O–H groups in total. The molecule has 22 heavy (non-hydrogen) atoms. The van der Waals surface area contributed by atoms with E-state index < -0.39 is 0 Å². The second kappa shape index (κ2) is 5.94. The van der Waals surface area contributed by atoms with Crippen molar-refractivity contribution in [1.82, 2.24) is 14.9 Å². The lowest BCUT2D eigenvalue weighted by molar-refractivity contribution is 0.574. The number of halogens is 2. The standard InChI is InChI=1S/C15H12Cl2N4O/c1-9-19-20-10(2)21(9)18-8-12-4-6-15(22-12)11-3-5-13(16)14(17)7-11/h3-8H,1-2H3/b18-8+. The van der Waals surface area contributed by atoms with Crippen LogP contribution in [0, 0.1) is 13.8 Å². The van der Waals surface area contributed by atoms with Crippen LogP contribution in [0.4, 0.5) is 0 Å². The smallest absolute Gasteiger partial charge is 0.151 e. The molecular weight excluding hydrogens is 323 g/mol. The second-order valence-electron chi connectivity index (χ2n) is 4.68. The first kappa shape index (κ1) is 14.8. The van der Waals surface area contributed by atoms with Gasteiger partial charge in [-0.3, -0.25) is 0 Å². The Morgan fingerprint density at radius 2 is 1.77 bits per heavy atom. The number of nitrogens with zero attached hydrogens (tertiary/aromatic N) is 4. The van der Waals surface area contributed by atoms with Gasteiger partial charge in [0.15, 0.2) is 11.6 Å². The minimum absolute atomic E-state index is 0.488. The van der Waals surface area contributed by atoms with Crippen molar-refractivity contribution in [3.63, 3.8) is 0 Å². The first-order valence-electron chi connectivity index (χ1n) is 6.53. The molecule has 1 aromatic carbocycles. The van der Waals surface area contributed by atoms with Gasteiger partial charge in [-0.15, -0.1) is 10.2 Å². The van der Waals surface area contributed by atoms with E-state index in [-0.39, 0.29) is 0 Å². The molecule has 0 saturated carbocycles. The topological polar surface area (TPSA) is 56.2 Å². The van der Waals surface area contributed by atoms with Crippen LogP contribution >= 0.6 is 23.2 Å². The van der Waals surface area contributed by atoms with Crippen LogP contribution in [-0.2, 0) is 0 Å². The van der Waals surface area contributed by atoms with Crippen LogP contribution in [0.1, 0.15) is 17.4 Å². The van der Waals surface area contributed by atoms with Crippen LogP contribution in [0.5, 0.6) is 0 Å². The van der Waals surface area contributed by atoms with Crippen LogP contribution in [0.25, 0.3) is 11.3 Å². The van der Waals surface area contributed by atoms with Crippen molar-refractivity contribution < 1.29 is 4.42 Å². The van der Waals surface area contributed by atoms with E-state index in [1.807, 2.05) is 32.0 Å². The summed E-state index contributed by atoms with van der Waals surface area (Å²) in [6.07, 6.45) is 1.62. The molecular formula is C15H12Cl2N4O. The number of furan rings is 1. The maximum atomic E-state index is 6.02. The van der Waals surface area contributed by atoms with Gasteiger partial charge in [0.25, 0.3) is 0 Å². The van der Waals surface area contributed by atoms with Gasteiger partial charge in [0.2, 0.25) is 0 Å². The Labute approximate surface area is 137 Å². The fraction of sp³-hybridized carbons (Fsp3) is 0.133. The molecule has 2 aromatic heterocycles. The normalized spacial score (nSPS) is 11.5. The van der Waals surface area contributed by atoms with Gasteiger partial charge < -0.3 is 4.42 Å². The zero-order valence-electron chi connectivity index (χ0n) is 11.9. The molecule has 0 unspecified atom stereocenters. The van der Waals surface area contributed by atoms with E-state index in [9.17, 15) is 0 Å². The maximum Gasteiger partial charge on any atom is 0.151 e. The minimum Gasteiger partial charge on any atom is -0.455 e. The summed E-state index contributed by atoms with van der Waals surface area (Å²) in [4.78, 5) is 0. The van der Waals surface area contributed by atoms with E-state index in [0.29, 0.717) is 33.2 Å². The highest BCUT2D eigenvalue weighted by molar-refractivity contribution is 6.42. The SMILES string of the molecule is Cc1nnc(C)n1/N=C/c1ccc(-c2ccc(Cl)c(Cl)c2)o1. The second-order valence-corrected chi connectivity index (χ2v) is 5.50. The molecule has 0 atom stereocenters. The molecule has 7 heteroatoms. The molecule has 3 aromatic rings. The third-order valence-corrected chi connectivity index (χ3v) is 3.82. The lowest BCUT2D eigenvalue weighted by Gasteiger charge is -1.99. The van der Waals surface area contributed by atoms with Gasteiger partial charge in [0.05, 0.1) is 16.3 Å². The third kappa shape index (κ3) is 2.91. The van der Waals surface area contributed by atoms with Crippen LogP contribution < -0.4 is 0 Å². The average Bonchev–Trinajstić information content (AvgIpc) is 3.08. The van der Waals surface area contributed by atoms with Gasteiger partial charge in [-0.2, -0.15) is 5.10 Å². The Kier molecular flexibility index (Phi) is 4.00. The molecule has 0 bridgehead atoms. The Hall–Kier alpha value is -2.11. The van der Waals surface area contributed by atoms with Crippen LogP contribution in [0.15, 0.2) is 39.9 Å². The first-order valence-corrected chi connectivity index (χ1v) is 7.28. The van der Waals surface area contributed by atoms with Gasteiger partial charge in [-0.1, -0.05) is 23.2 Å². The Morgan fingerprint density at radius 3 is 2.45 bits per heavy atom. The predicted octanol–water partition coefficient (Wildman–Crippen LogP) is 4.34. The van der Waals surface area contributed by atoms with E-state index in [1.165, 1.54) is 0 Å². The van der Waals surface area contributed by atoms with E-state index in [4.69, 9.17) is 27.6 Å². The lowest BCUT2D eigenvalue weighted by atomic mass is 10.2. The predicted molar refractivity (Wildman–Crippen MR) is 86.7 cm³/mol. The molecule has 0 radical (unpaired) electrons. The summed E-state index contributed by atoms with van der Waals surface area (Å²) in [5.41, 5.74) is 0.853. The molecule has 0 aliphatic carbocycles. The summed E-state index contributed by atoms with van der Waals surface area (Å²) in [5, 5.41) is 13.2. The van der Waals surface area contributed by atoms with Crippen molar-refractivity contribution in [2.45, 2.75) is 13.8 Å². The van der Waals surface area contributed by atoms with E-state index in [2.05, 4.69) is 15.3 Å². The van der Waals surface area contributed by atoms with Gasteiger partial charge in [0.1, 0.15) is 11.5 Å². The van der Waals surface area contributed by atoms with Crippen molar-refractivity contribution in [2.75, 3.05) is 0 Å². The number of hydrogen-bond donors (Lipinski definition) is 0. The lowest BCUT2D eigenvalue weighted by Crippen LogP contribution is -1.95. The van der Waals surface area contributed by atoms with E-state index in [0.717, 1.165) is 5.56 Å². The molecule has 5 nitrogen and oxygen atoms in total. The molecule has 2 heterocycles. The monoisotopic (exact) mass is 334 g/mol. The molecule has 0 fully saturated rings.